The maximum Gasteiger partial charge on any atom is 0.336 e. The normalized spacial score (nSPS) is 10.8. The lowest BCUT2D eigenvalue weighted by Crippen LogP contribution is -2.01. The van der Waals surface area contributed by atoms with Crippen LogP contribution < -0.4 is 14.2 Å². The summed E-state index contributed by atoms with van der Waals surface area (Å²) in [5, 5.41) is 17.6. The van der Waals surface area contributed by atoms with Crippen molar-refractivity contribution in [3.8, 4) is 39.8 Å². The zero-order valence-electron chi connectivity index (χ0n) is 17.3. The first-order valence-electron chi connectivity index (χ1n) is 9.63. The van der Waals surface area contributed by atoms with Crippen molar-refractivity contribution in [2.75, 3.05) is 20.8 Å². The minimum absolute atomic E-state index is 0.0931. The van der Waals surface area contributed by atoms with Crippen molar-refractivity contribution in [1.82, 2.24) is 15.2 Å². The lowest BCUT2D eigenvalue weighted by atomic mass is 10.0. The number of nitrogens with zero attached hydrogens (tertiary/aromatic N) is 2. The van der Waals surface area contributed by atoms with E-state index in [0.29, 0.717) is 46.1 Å². The van der Waals surface area contributed by atoms with Crippen molar-refractivity contribution < 1.29 is 24.1 Å². The van der Waals surface area contributed by atoms with Crippen LogP contribution in [0.5, 0.6) is 17.2 Å². The number of benzene rings is 2. The fourth-order valence-electron chi connectivity index (χ4n) is 3.43. The number of fused-ring (bicyclic) bond motifs is 1. The van der Waals surface area contributed by atoms with Crippen LogP contribution in [0.4, 0.5) is 0 Å². The second kappa shape index (κ2) is 8.35. The maximum atomic E-state index is 12.1. The third-order valence-corrected chi connectivity index (χ3v) is 4.89. The third-order valence-electron chi connectivity index (χ3n) is 4.89. The first-order valence-corrected chi connectivity index (χ1v) is 9.63. The number of carbonyl (C=O) groups is 1. The second-order valence-corrected chi connectivity index (χ2v) is 6.68. The van der Waals surface area contributed by atoms with Crippen molar-refractivity contribution in [3.63, 3.8) is 0 Å². The lowest BCUT2D eigenvalue weighted by molar-refractivity contribution is 0.0699. The van der Waals surface area contributed by atoms with Gasteiger partial charge in [-0.2, -0.15) is 5.10 Å². The summed E-state index contributed by atoms with van der Waals surface area (Å²) in [4.78, 5) is 16.7. The molecular formula is C23H21N3O5. The van der Waals surface area contributed by atoms with Crippen LogP contribution in [0.1, 0.15) is 17.3 Å². The van der Waals surface area contributed by atoms with E-state index < -0.39 is 5.97 Å². The first-order chi connectivity index (χ1) is 15.0. The van der Waals surface area contributed by atoms with Gasteiger partial charge in [0.2, 0.25) is 0 Å². The van der Waals surface area contributed by atoms with E-state index in [-0.39, 0.29) is 5.56 Å². The number of pyridine rings is 1. The molecule has 4 rings (SSSR count). The number of aromatic nitrogens is 3. The number of aromatic amines is 1. The fraction of sp³-hybridized carbons (Fsp3) is 0.174. The van der Waals surface area contributed by atoms with Crippen LogP contribution in [0.3, 0.4) is 0 Å². The molecule has 2 aromatic heterocycles. The smallest absolute Gasteiger partial charge is 0.336 e. The first kappa shape index (κ1) is 20.2. The van der Waals surface area contributed by atoms with Gasteiger partial charge in [0.15, 0.2) is 5.65 Å². The molecule has 0 atom stereocenters. The van der Waals surface area contributed by atoms with E-state index in [1.807, 2.05) is 31.2 Å². The van der Waals surface area contributed by atoms with Gasteiger partial charge in [-0.1, -0.05) is 0 Å². The number of carboxylic acids is 1. The number of nitrogens with one attached hydrogen (secondary N) is 1. The van der Waals surface area contributed by atoms with E-state index in [2.05, 4.69) is 15.2 Å². The Bertz CT molecular complexity index is 1250. The van der Waals surface area contributed by atoms with Gasteiger partial charge in [0, 0.05) is 17.2 Å². The van der Waals surface area contributed by atoms with Gasteiger partial charge in [-0.15, -0.1) is 0 Å². The maximum absolute atomic E-state index is 12.1. The van der Waals surface area contributed by atoms with Crippen LogP contribution in [0.15, 0.2) is 48.5 Å². The van der Waals surface area contributed by atoms with Gasteiger partial charge >= 0.3 is 5.97 Å². The standard InChI is InChI=1S/C23H21N3O5/c1-4-31-14-7-5-13(6-8-14)21-20-17(23(27)28)12-18(24-22(20)26-25-21)16-10-9-15(29-2)11-19(16)30-3/h5-12H,4H2,1-3H3,(H,27,28)(H,24,25,26). The molecule has 0 aliphatic rings. The summed E-state index contributed by atoms with van der Waals surface area (Å²) >= 11 is 0. The van der Waals surface area contributed by atoms with E-state index in [9.17, 15) is 9.90 Å². The number of aromatic carboxylic acids is 1. The molecule has 4 aromatic rings. The molecule has 8 nitrogen and oxygen atoms in total. The minimum atomic E-state index is -1.07. The summed E-state index contributed by atoms with van der Waals surface area (Å²) in [6, 6.07) is 14.2. The fourth-order valence-corrected chi connectivity index (χ4v) is 3.43. The summed E-state index contributed by atoms with van der Waals surface area (Å²) < 4.78 is 16.2. The highest BCUT2D eigenvalue weighted by atomic mass is 16.5. The number of hydrogen-bond donors (Lipinski definition) is 2. The largest absolute Gasteiger partial charge is 0.497 e. The molecule has 2 N–H and O–H groups in total. The Kier molecular flexibility index (Phi) is 5.44. The Morgan fingerprint density at radius 3 is 2.42 bits per heavy atom. The van der Waals surface area contributed by atoms with Gasteiger partial charge in [-0.05, 0) is 49.4 Å². The van der Waals surface area contributed by atoms with Crippen molar-refractivity contribution in [1.29, 1.82) is 0 Å². The van der Waals surface area contributed by atoms with E-state index >= 15 is 0 Å². The molecule has 158 valence electrons. The Labute approximate surface area is 178 Å². The number of ether oxygens (including phenoxy) is 3. The van der Waals surface area contributed by atoms with Gasteiger partial charge < -0.3 is 19.3 Å². The van der Waals surface area contributed by atoms with Crippen LogP contribution in [-0.2, 0) is 0 Å². The number of methoxy groups -OCH3 is 2. The summed E-state index contributed by atoms with van der Waals surface area (Å²) in [6.07, 6.45) is 0. The molecule has 0 radical (unpaired) electrons. The van der Waals surface area contributed by atoms with E-state index in [1.54, 1.807) is 25.3 Å². The average molecular weight is 419 g/mol. The van der Waals surface area contributed by atoms with Crippen LogP contribution in [0, 0.1) is 0 Å². The van der Waals surface area contributed by atoms with Gasteiger partial charge in [-0.25, -0.2) is 9.78 Å². The van der Waals surface area contributed by atoms with Crippen LogP contribution in [0.25, 0.3) is 33.5 Å². The number of hydrogen-bond acceptors (Lipinski definition) is 6. The molecular weight excluding hydrogens is 398 g/mol. The molecule has 2 heterocycles. The molecule has 2 aromatic carbocycles. The Morgan fingerprint density at radius 1 is 1.03 bits per heavy atom. The molecule has 0 spiro atoms. The lowest BCUT2D eigenvalue weighted by Gasteiger charge is -2.11. The van der Waals surface area contributed by atoms with Crippen molar-refractivity contribution in [2.24, 2.45) is 0 Å². The molecule has 31 heavy (non-hydrogen) atoms. The molecule has 0 bridgehead atoms. The van der Waals surface area contributed by atoms with Crippen molar-refractivity contribution in [2.45, 2.75) is 6.92 Å². The summed E-state index contributed by atoms with van der Waals surface area (Å²) in [5.74, 6) is 0.803. The SMILES string of the molecule is CCOc1ccc(-c2[nH]nc3nc(-c4ccc(OC)cc4OC)cc(C(=O)O)c23)cc1. The average Bonchev–Trinajstić information content (AvgIpc) is 3.22. The van der Waals surface area contributed by atoms with E-state index in [1.165, 1.54) is 13.2 Å². The van der Waals surface area contributed by atoms with Gasteiger partial charge in [0.1, 0.15) is 17.2 Å². The predicted octanol–water partition coefficient (Wildman–Crippen LogP) is 4.41. The number of rotatable bonds is 7. The molecule has 0 aliphatic carbocycles. The monoisotopic (exact) mass is 419 g/mol. The zero-order chi connectivity index (χ0) is 22.0. The molecule has 0 amide bonds. The molecule has 0 unspecified atom stereocenters. The Hall–Kier alpha value is -4.07. The topological polar surface area (TPSA) is 107 Å². The van der Waals surface area contributed by atoms with Crippen LogP contribution in [0.2, 0.25) is 0 Å². The molecule has 0 fully saturated rings. The van der Waals surface area contributed by atoms with Gasteiger partial charge in [0.05, 0.1) is 43.2 Å². The third kappa shape index (κ3) is 3.75. The molecule has 0 saturated carbocycles. The quantitative estimate of drug-likeness (QED) is 0.457. The zero-order valence-corrected chi connectivity index (χ0v) is 17.3. The molecule has 8 heteroatoms. The van der Waals surface area contributed by atoms with Crippen molar-refractivity contribution in [3.05, 3.63) is 54.1 Å². The van der Waals surface area contributed by atoms with E-state index in [0.717, 1.165) is 11.3 Å². The minimum Gasteiger partial charge on any atom is -0.497 e. The van der Waals surface area contributed by atoms with Crippen molar-refractivity contribution >= 4 is 17.0 Å². The predicted molar refractivity (Wildman–Crippen MR) is 116 cm³/mol. The highest BCUT2D eigenvalue weighted by molar-refractivity contribution is 6.08. The molecule has 0 aliphatic heterocycles. The summed E-state index contributed by atoms with van der Waals surface area (Å²) in [6.45, 7) is 2.48. The number of H-pyrrole nitrogens is 1. The van der Waals surface area contributed by atoms with Gasteiger partial charge in [-0.3, -0.25) is 5.10 Å². The van der Waals surface area contributed by atoms with Crippen LogP contribution >= 0.6 is 0 Å². The van der Waals surface area contributed by atoms with E-state index in [4.69, 9.17) is 14.2 Å². The highest BCUT2D eigenvalue weighted by Gasteiger charge is 2.21. The summed E-state index contributed by atoms with van der Waals surface area (Å²) in [7, 11) is 3.10. The Morgan fingerprint density at radius 2 is 1.77 bits per heavy atom. The second-order valence-electron chi connectivity index (χ2n) is 6.68. The highest BCUT2D eigenvalue weighted by Crippen LogP contribution is 2.36. The Balaban J connectivity index is 1.87. The van der Waals surface area contributed by atoms with Gasteiger partial charge in [0.25, 0.3) is 0 Å². The number of carboxylic acid groups (broad SMARTS) is 1. The summed E-state index contributed by atoms with van der Waals surface area (Å²) in [5.41, 5.74) is 2.83. The van der Waals surface area contributed by atoms with Crippen LogP contribution in [-0.4, -0.2) is 47.1 Å². The molecule has 0 saturated heterocycles.